The second-order valence-electron chi connectivity index (χ2n) is 4.35. The molecule has 7 heteroatoms. The number of likely N-dealkylation sites (tertiary alicyclic amines) is 1. The molecular formula is C12H23N3O3S. The first kappa shape index (κ1) is 16.0. The topological polar surface area (TPSA) is 62.8 Å². The first-order valence-electron chi connectivity index (χ1n) is 6.62. The van der Waals surface area contributed by atoms with Crippen LogP contribution in [0.3, 0.4) is 0 Å². The molecule has 0 bridgehead atoms. The van der Waals surface area contributed by atoms with Crippen molar-refractivity contribution in [1.29, 1.82) is 0 Å². The van der Waals surface area contributed by atoms with Gasteiger partial charge in [-0.1, -0.05) is 0 Å². The number of hydrogen-bond donors (Lipinski definition) is 2. The van der Waals surface area contributed by atoms with Crippen molar-refractivity contribution >= 4 is 23.4 Å². The molecule has 0 aromatic carbocycles. The first-order chi connectivity index (χ1) is 9.17. The van der Waals surface area contributed by atoms with Crippen LogP contribution in [0.1, 0.15) is 19.8 Å². The molecule has 1 saturated heterocycles. The second-order valence-corrected chi connectivity index (χ2v) is 4.76. The van der Waals surface area contributed by atoms with Crippen molar-refractivity contribution in [3.05, 3.63) is 0 Å². The molecule has 0 aromatic heterocycles. The maximum absolute atomic E-state index is 11.5. The molecular weight excluding hydrogens is 266 g/mol. The summed E-state index contributed by atoms with van der Waals surface area (Å²) in [7, 11) is 1.66. The number of nitrogens with zero attached hydrogens (tertiary/aromatic N) is 1. The summed E-state index contributed by atoms with van der Waals surface area (Å²) in [4.78, 5) is 13.3. The number of carbonyl (C=O) groups is 1. The third-order valence-electron chi connectivity index (χ3n) is 2.95. The third kappa shape index (κ3) is 6.07. The molecule has 0 radical (unpaired) electrons. The molecule has 1 heterocycles. The number of nitrogens with one attached hydrogen (secondary N) is 2. The molecule has 6 nitrogen and oxygen atoms in total. The van der Waals surface area contributed by atoms with E-state index in [2.05, 4.69) is 10.6 Å². The van der Waals surface area contributed by atoms with Crippen molar-refractivity contribution in [1.82, 2.24) is 15.5 Å². The molecule has 1 fully saturated rings. The van der Waals surface area contributed by atoms with Crippen LogP contribution in [0.5, 0.6) is 0 Å². The molecule has 110 valence electrons. The smallest absolute Gasteiger partial charge is 0.409 e. The predicted octanol–water partition coefficient (Wildman–Crippen LogP) is 0.718. The average Bonchev–Trinajstić information content (AvgIpc) is 2.40. The van der Waals surface area contributed by atoms with E-state index < -0.39 is 0 Å². The predicted molar refractivity (Wildman–Crippen MR) is 77.2 cm³/mol. The van der Waals surface area contributed by atoms with Crippen LogP contribution in [0.25, 0.3) is 0 Å². The van der Waals surface area contributed by atoms with Gasteiger partial charge in [0.2, 0.25) is 0 Å². The van der Waals surface area contributed by atoms with Crippen molar-refractivity contribution in [3.63, 3.8) is 0 Å². The lowest BCUT2D eigenvalue weighted by Crippen LogP contribution is -2.49. The van der Waals surface area contributed by atoms with E-state index in [1.807, 2.05) is 6.92 Å². The highest BCUT2D eigenvalue weighted by atomic mass is 32.1. The molecule has 0 atom stereocenters. The fourth-order valence-corrected chi connectivity index (χ4v) is 2.19. The number of methoxy groups -OCH3 is 1. The molecule has 2 N–H and O–H groups in total. The lowest BCUT2D eigenvalue weighted by Gasteiger charge is -2.32. The lowest BCUT2D eigenvalue weighted by atomic mass is 10.1. The van der Waals surface area contributed by atoms with Gasteiger partial charge >= 0.3 is 6.09 Å². The molecule has 0 saturated carbocycles. The summed E-state index contributed by atoms with van der Waals surface area (Å²) in [5.74, 6) is 0. The van der Waals surface area contributed by atoms with Crippen LogP contribution in [0.2, 0.25) is 0 Å². The van der Waals surface area contributed by atoms with E-state index in [9.17, 15) is 4.79 Å². The van der Waals surface area contributed by atoms with Crippen molar-refractivity contribution in [2.45, 2.75) is 25.8 Å². The SMILES string of the molecule is CCOC(=O)N1CCC(NC(=S)NCCOC)CC1. The minimum Gasteiger partial charge on any atom is -0.450 e. The Morgan fingerprint density at radius 2 is 2.11 bits per heavy atom. The monoisotopic (exact) mass is 289 g/mol. The third-order valence-corrected chi connectivity index (χ3v) is 3.21. The van der Waals surface area contributed by atoms with E-state index in [0.29, 0.717) is 44.0 Å². The number of piperidine rings is 1. The number of hydrogen-bond acceptors (Lipinski definition) is 4. The zero-order valence-corrected chi connectivity index (χ0v) is 12.4. The number of amides is 1. The normalized spacial score (nSPS) is 16.0. The molecule has 1 rings (SSSR count). The Hall–Kier alpha value is -1.08. The Bertz CT molecular complexity index is 294. The summed E-state index contributed by atoms with van der Waals surface area (Å²) in [5.41, 5.74) is 0. The summed E-state index contributed by atoms with van der Waals surface area (Å²) < 4.78 is 9.92. The van der Waals surface area contributed by atoms with Gasteiger partial charge in [-0.05, 0) is 32.0 Å². The van der Waals surface area contributed by atoms with Gasteiger partial charge in [0.25, 0.3) is 0 Å². The molecule has 0 aromatic rings. The summed E-state index contributed by atoms with van der Waals surface area (Å²) in [6.45, 7) is 4.97. The van der Waals surface area contributed by atoms with Crippen LogP contribution in [-0.2, 0) is 9.47 Å². The Balaban J connectivity index is 2.19. The molecule has 0 spiro atoms. The molecule has 1 amide bonds. The lowest BCUT2D eigenvalue weighted by molar-refractivity contribution is 0.0963. The van der Waals surface area contributed by atoms with E-state index >= 15 is 0 Å². The Morgan fingerprint density at radius 3 is 2.68 bits per heavy atom. The highest BCUT2D eigenvalue weighted by Gasteiger charge is 2.23. The van der Waals surface area contributed by atoms with Gasteiger partial charge < -0.3 is 25.0 Å². The van der Waals surface area contributed by atoms with E-state index in [0.717, 1.165) is 12.8 Å². The number of carbonyl (C=O) groups excluding carboxylic acids is 1. The zero-order valence-electron chi connectivity index (χ0n) is 11.6. The van der Waals surface area contributed by atoms with Gasteiger partial charge in [-0.3, -0.25) is 0 Å². The quantitative estimate of drug-likeness (QED) is 0.574. The van der Waals surface area contributed by atoms with Gasteiger partial charge in [-0.2, -0.15) is 0 Å². The van der Waals surface area contributed by atoms with Crippen LogP contribution >= 0.6 is 12.2 Å². The van der Waals surface area contributed by atoms with Crippen molar-refractivity contribution in [2.24, 2.45) is 0 Å². The molecule has 0 aliphatic carbocycles. The minimum absolute atomic E-state index is 0.221. The van der Waals surface area contributed by atoms with E-state index in [-0.39, 0.29) is 6.09 Å². The van der Waals surface area contributed by atoms with Gasteiger partial charge in [-0.25, -0.2) is 4.79 Å². The minimum atomic E-state index is -0.221. The standard InChI is InChI=1S/C12H23N3O3S/c1-3-18-12(16)15-7-4-10(5-8-15)14-11(19)13-6-9-17-2/h10H,3-9H2,1-2H3,(H2,13,14,19). The first-order valence-corrected chi connectivity index (χ1v) is 7.03. The summed E-state index contributed by atoms with van der Waals surface area (Å²) in [6, 6.07) is 0.313. The Morgan fingerprint density at radius 1 is 1.42 bits per heavy atom. The summed E-state index contributed by atoms with van der Waals surface area (Å²) in [5, 5.41) is 6.98. The zero-order chi connectivity index (χ0) is 14.1. The van der Waals surface area contributed by atoms with Gasteiger partial charge in [0, 0.05) is 32.8 Å². The van der Waals surface area contributed by atoms with Crippen LogP contribution in [0, 0.1) is 0 Å². The maximum atomic E-state index is 11.5. The Labute approximate surface area is 119 Å². The Kier molecular flexibility index (Phi) is 7.50. The summed E-state index contributed by atoms with van der Waals surface area (Å²) >= 11 is 5.19. The fraction of sp³-hybridized carbons (Fsp3) is 0.833. The van der Waals surface area contributed by atoms with Crippen LogP contribution in [0.4, 0.5) is 4.79 Å². The van der Waals surface area contributed by atoms with Crippen molar-refractivity contribution in [3.8, 4) is 0 Å². The number of ether oxygens (including phenoxy) is 2. The van der Waals surface area contributed by atoms with Gasteiger partial charge in [0.1, 0.15) is 0 Å². The second kappa shape index (κ2) is 8.92. The van der Waals surface area contributed by atoms with Gasteiger partial charge in [0.05, 0.1) is 13.2 Å². The highest BCUT2D eigenvalue weighted by Crippen LogP contribution is 2.11. The van der Waals surface area contributed by atoms with Crippen LogP contribution in [-0.4, -0.2) is 62.1 Å². The molecule has 0 unspecified atom stereocenters. The molecule has 1 aliphatic heterocycles. The van der Waals surface area contributed by atoms with Gasteiger partial charge in [0.15, 0.2) is 5.11 Å². The summed E-state index contributed by atoms with van der Waals surface area (Å²) in [6.07, 6.45) is 1.54. The fourth-order valence-electron chi connectivity index (χ4n) is 1.92. The van der Waals surface area contributed by atoms with Gasteiger partial charge in [-0.15, -0.1) is 0 Å². The van der Waals surface area contributed by atoms with Crippen LogP contribution in [0.15, 0.2) is 0 Å². The van der Waals surface area contributed by atoms with Crippen molar-refractivity contribution < 1.29 is 14.3 Å². The van der Waals surface area contributed by atoms with Crippen LogP contribution < -0.4 is 10.6 Å². The number of thiocarbonyl (C=S) groups is 1. The largest absolute Gasteiger partial charge is 0.450 e. The molecule has 19 heavy (non-hydrogen) atoms. The maximum Gasteiger partial charge on any atom is 0.409 e. The van der Waals surface area contributed by atoms with E-state index in [4.69, 9.17) is 21.7 Å². The average molecular weight is 289 g/mol. The highest BCUT2D eigenvalue weighted by molar-refractivity contribution is 7.80. The molecule has 1 aliphatic rings. The van der Waals surface area contributed by atoms with E-state index in [1.54, 1.807) is 12.0 Å². The van der Waals surface area contributed by atoms with Crippen molar-refractivity contribution in [2.75, 3.05) is 40.0 Å². The van der Waals surface area contributed by atoms with E-state index in [1.165, 1.54) is 0 Å². The number of rotatable bonds is 5.